The molecule has 60 heavy (non-hydrogen) atoms. The molecule has 0 radical (unpaired) electrons. The maximum absolute atomic E-state index is 12.2. The summed E-state index contributed by atoms with van der Waals surface area (Å²) in [5, 5.41) is 30.3. The molecule has 3 fully saturated rings. The number of ether oxygens (including phenoxy) is 4. The average Bonchev–Trinajstić information content (AvgIpc) is 3.29. The summed E-state index contributed by atoms with van der Waals surface area (Å²) in [6.45, 7) is 9.15. The predicted octanol–water partition coefficient (Wildman–Crippen LogP) is 3.10. The summed E-state index contributed by atoms with van der Waals surface area (Å²) in [6, 6.07) is 13.3. The van der Waals surface area contributed by atoms with E-state index in [9.17, 15) is 34.9 Å². The van der Waals surface area contributed by atoms with Crippen LogP contribution in [0.25, 0.3) is 5.65 Å². The molecule has 0 aromatic carbocycles. The van der Waals surface area contributed by atoms with Gasteiger partial charge in [-0.25, -0.2) is 14.8 Å². The minimum atomic E-state index is -0.852. The first-order valence-corrected chi connectivity index (χ1v) is 19.1. The van der Waals surface area contributed by atoms with E-state index in [1.54, 1.807) is 30.6 Å². The van der Waals surface area contributed by atoms with Crippen molar-refractivity contribution in [1.29, 1.82) is 0 Å². The van der Waals surface area contributed by atoms with Crippen LogP contribution in [0.1, 0.15) is 10.5 Å². The van der Waals surface area contributed by atoms with E-state index in [4.69, 9.17) is 19.9 Å². The summed E-state index contributed by atoms with van der Waals surface area (Å²) in [5.41, 5.74) is 7.53. The van der Waals surface area contributed by atoms with E-state index in [1.165, 1.54) is 28.9 Å². The van der Waals surface area contributed by atoms with Gasteiger partial charge >= 0.3 is 23.2 Å². The van der Waals surface area contributed by atoms with E-state index in [0.717, 1.165) is 81.1 Å². The van der Waals surface area contributed by atoms with E-state index in [-0.39, 0.29) is 23.0 Å². The number of nitrogens with two attached hydrogens (primary N) is 1. The Hall–Kier alpha value is -6.56. The summed E-state index contributed by atoms with van der Waals surface area (Å²) in [7, 11) is 1.16. The molecule has 3 saturated heterocycles. The quantitative estimate of drug-likeness (QED) is 0.141. The van der Waals surface area contributed by atoms with Gasteiger partial charge in [0.15, 0.2) is 18.1 Å². The first-order chi connectivity index (χ1) is 28.9. The molecule has 23 heteroatoms. The number of anilines is 4. The molecule has 3 aliphatic rings. The number of rotatable bonds is 6. The van der Waals surface area contributed by atoms with E-state index in [0.29, 0.717) is 32.2 Å². The van der Waals surface area contributed by atoms with E-state index < -0.39 is 27.1 Å². The number of nitrogens with zero attached hydrogens (tertiary/aromatic N) is 10. The van der Waals surface area contributed by atoms with Crippen LogP contribution in [-0.2, 0) is 18.9 Å². The summed E-state index contributed by atoms with van der Waals surface area (Å²) in [5.74, 6) is -1.26. The molecule has 5 aromatic heterocycles. The number of nitrogen functional groups attached to an aromatic ring is 1. The van der Waals surface area contributed by atoms with Crippen molar-refractivity contribution < 1.29 is 38.7 Å². The molecule has 22 nitrogen and oxygen atoms in total. The molecule has 0 unspecified atom stereocenters. The maximum atomic E-state index is 12.2. The third kappa shape index (κ3) is 12.5. The van der Waals surface area contributed by atoms with Gasteiger partial charge in [0, 0.05) is 57.6 Å². The molecule has 3 aliphatic heterocycles. The molecule has 0 bridgehead atoms. The first-order valence-electron chi connectivity index (χ1n) is 18.3. The molecule has 3 N–H and O–H groups in total. The van der Waals surface area contributed by atoms with E-state index >= 15 is 0 Å². The average molecular weight is 897 g/mol. The molecule has 0 spiro atoms. The highest BCUT2D eigenvalue weighted by Crippen LogP contribution is 2.20. The Bertz CT molecular complexity index is 2250. The van der Waals surface area contributed by atoms with Crippen LogP contribution in [0.2, 0.25) is 0 Å². The highest BCUT2D eigenvalue weighted by Gasteiger charge is 2.20. The summed E-state index contributed by atoms with van der Waals surface area (Å²) < 4.78 is 22.2. The molecule has 318 valence electrons. The number of pyridine rings is 4. The second-order valence-electron chi connectivity index (χ2n) is 12.7. The zero-order valence-electron chi connectivity index (χ0n) is 32.4. The van der Waals surface area contributed by atoms with Crippen LogP contribution in [0.5, 0.6) is 5.75 Å². The number of aromatic nitrogens is 5. The Kier molecular flexibility index (Phi) is 16.3. The van der Waals surface area contributed by atoms with Crippen molar-refractivity contribution in [1.82, 2.24) is 24.3 Å². The van der Waals surface area contributed by atoms with Crippen molar-refractivity contribution in [3.63, 3.8) is 0 Å². The predicted molar refractivity (Wildman–Crippen MR) is 222 cm³/mol. The summed E-state index contributed by atoms with van der Waals surface area (Å²) >= 11 is 3.11. The van der Waals surface area contributed by atoms with Crippen molar-refractivity contribution in [3.8, 4) is 5.75 Å². The van der Waals surface area contributed by atoms with Crippen molar-refractivity contribution in [2.45, 2.75) is 0 Å². The molecule has 5 aromatic rings. The summed E-state index contributed by atoms with van der Waals surface area (Å²) in [6.07, 6.45) is 6.32. The Labute approximate surface area is 350 Å². The maximum Gasteiger partial charge on any atom is 0.363 e. The molecule has 0 amide bonds. The number of esters is 1. The van der Waals surface area contributed by atoms with Gasteiger partial charge in [-0.05, 0) is 72.1 Å². The van der Waals surface area contributed by atoms with Crippen molar-refractivity contribution in [2.75, 3.05) is 106 Å². The van der Waals surface area contributed by atoms with E-state index in [1.807, 2.05) is 18.2 Å². The fourth-order valence-electron chi connectivity index (χ4n) is 5.74. The molecular weight excluding hydrogens is 854 g/mol. The number of carbonyl (C=O) groups excluding carboxylic acids is 1. The van der Waals surface area contributed by atoms with Crippen molar-refractivity contribution >= 4 is 62.1 Å². The Morgan fingerprint density at radius 3 is 1.63 bits per heavy atom. The van der Waals surface area contributed by atoms with Gasteiger partial charge in [0.05, 0.1) is 74.5 Å². The van der Waals surface area contributed by atoms with Gasteiger partial charge in [-0.3, -0.25) is 9.20 Å². The number of hydrogen-bond donors (Lipinski definition) is 2. The zero-order chi connectivity index (χ0) is 43.0. The second-order valence-corrected chi connectivity index (χ2v) is 13.6. The van der Waals surface area contributed by atoms with Gasteiger partial charge in [-0.1, -0.05) is 0 Å². The summed E-state index contributed by atoms with van der Waals surface area (Å²) in [4.78, 5) is 64.9. The Morgan fingerprint density at radius 2 is 1.20 bits per heavy atom. The minimum Gasteiger partial charge on any atom is -0.501 e. The van der Waals surface area contributed by atoms with Gasteiger partial charge in [-0.15, -0.1) is 0 Å². The molecular formula is C37H42BrN11O11. The number of methoxy groups -OCH3 is 1. The lowest BCUT2D eigenvalue weighted by molar-refractivity contribution is -0.389. The van der Waals surface area contributed by atoms with Crippen LogP contribution < -0.4 is 26.0 Å². The minimum absolute atomic E-state index is 0.119. The topological polar surface area (TPSA) is 269 Å². The molecule has 0 saturated carbocycles. The number of hydrogen-bond acceptors (Lipinski definition) is 19. The number of fused-ring (bicyclic) bond motifs is 1. The number of carbonyl (C=O) groups is 1. The van der Waals surface area contributed by atoms with Crippen LogP contribution in [-0.4, -0.2) is 131 Å². The van der Waals surface area contributed by atoms with Gasteiger partial charge in [0.2, 0.25) is 5.75 Å². The SMILES string of the molecule is COC(=O)c1nc2ccc(N3CCOCC3)cn2c(=O)c1O.Nc1ccc(N2CCOCC2)cn1.O=[N+]([O-])c1ccc(Br)cn1.O=[N+]([O-])c1ccc(N2CCOCC2)cn1. The van der Waals surface area contributed by atoms with Crippen LogP contribution in [0.3, 0.4) is 0 Å². The smallest absolute Gasteiger partial charge is 0.363 e. The molecule has 8 rings (SSSR count). The third-order valence-electron chi connectivity index (χ3n) is 8.88. The first kappa shape index (κ1) is 44.5. The highest BCUT2D eigenvalue weighted by atomic mass is 79.9. The number of morpholine rings is 3. The van der Waals surface area contributed by atoms with Crippen LogP contribution in [0.4, 0.5) is 34.5 Å². The zero-order valence-corrected chi connectivity index (χ0v) is 34.0. The van der Waals surface area contributed by atoms with Crippen LogP contribution in [0.15, 0.2) is 82.6 Å². The standard InChI is InChI=1S/C14H15N3O5.C9H11N3O3.C9H13N3O.C5H3BrN2O2/c1-21-14(20)11-12(18)13(19)17-8-9(2-3-10(17)15-11)16-4-6-22-7-5-16;13-12(14)9-2-1-8(7-10-9)11-3-5-15-6-4-11;10-9-2-1-8(7-11-9)12-3-5-13-6-4-12;6-4-1-2-5(7-3-4)8(9)10/h2-3,8,18H,4-7H2,1H3;1-2,7H,3-6H2;1-2,7H,3-6H2,(H2,10,11);1-3H. The lowest BCUT2D eigenvalue weighted by atomic mass is 10.3. The molecule has 0 aliphatic carbocycles. The molecule has 0 atom stereocenters. The highest BCUT2D eigenvalue weighted by molar-refractivity contribution is 9.10. The van der Waals surface area contributed by atoms with Crippen LogP contribution in [0, 0.1) is 20.2 Å². The van der Waals surface area contributed by atoms with Gasteiger partial charge in [0.25, 0.3) is 0 Å². The fraction of sp³-hybridized carbons (Fsp3) is 0.351. The van der Waals surface area contributed by atoms with Crippen LogP contribution >= 0.6 is 15.9 Å². The van der Waals surface area contributed by atoms with Gasteiger partial charge in [-0.2, -0.15) is 0 Å². The third-order valence-corrected chi connectivity index (χ3v) is 9.35. The molecule has 8 heterocycles. The van der Waals surface area contributed by atoms with Gasteiger partial charge < -0.3 is 64.7 Å². The fourth-order valence-corrected chi connectivity index (χ4v) is 5.98. The monoisotopic (exact) mass is 895 g/mol. The van der Waals surface area contributed by atoms with E-state index in [2.05, 4.69) is 55.3 Å². The Balaban J connectivity index is 0.000000158. The normalized spacial score (nSPS) is 14.9. The van der Waals surface area contributed by atoms with Crippen molar-refractivity contribution in [3.05, 3.63) is 114 Å². The second kappa shape index (κ2) is 22.0. The largest absolute Gasteiger partial charge is 0.501 e. The Morgan fingerprint density at radius 1 is 0.733 bits per heavy atom. The van der Waals surface area contributed by atoms with Crippen molar-refractivity contribution in [2.24, 2.45) is 0 Å². The number of nitro groups is 2. The lowest BCUT2D eigenvalue weighted by Crippen LogP contribution is -2.36. The number of halogens is 1. The lowest BCUT2D eigenvalue weighted by Gasteiger charge is -2.28. The number of aromatic hydroxyl groups is 1. The van der Waals surface area contributed by atoms with Gasteiger partial charge in [0.1, 0.15) is 11.5 Å².